The predicted molar refractivity (Wildman–Crippen MR) is 39.0 cm³/mol. The fourth-order valence-corrected chi connectivity index (χ4v) is 0. The Bertz CT molecular complexity index is 9.65. The van der Waals surface area contributed by atoms with Crippen LogP contribution in [0.15, 0.2) is 0 Å². The summed E-state index contributed by atoms with van der Waals surface area (Å²) in [5.41, 5.74) is 0. The molecule has 8 N–H and O–H groups in total. The third kappa shape index (κ3) is 121. The Labute approximate surface area is 64.0 Å². The molecule has 0 heterocycles. The topological polar surface area (TPSA) is 134 Å². The number of hydrogen-bond acceptors (Lipinski definition) is 0. The van der Waals surface area contributed by atoms with Crippen LogP contribution in [0.1, 0.15) is 0 Å². The van der Waals surface area contributed by atoms with Gasteiger partial charge in [-0.15, -0.1) is 0 Å². The second kappa shape index (κ2) is 54.6. The maximum absolute atomic E-state index is 3.03. The first-order valence-electron chi connectivity index (χ1n) is 0.252. The number of nitrogens with two attached hydrogens (primary N) is 4. The molecule has 0 aliphatic carbocycles. The summed E-state index contributed by atoms with van der Waals surface area (Å²) in [5, 5.41) is 0. The van der Waals surface area contributed by atoms with Crippen LogP contribution in [0.2, 0.25) is 0 Å². The second-order valence-corrected chi connectivity index (χ2v) is 5.30. The fraction of sp³-hybridized carbons (Fsp3) is 0. The average Bonchev–Trinajstić information content (AvgIpc) is 0.918. The molecule has 0 spiro atoms. The number of hydrogen-bond donors (Lipinski definition) is 0. The Morgan fingerprint density at radius 1 is 0.714 bits per heavy atom. The van der Waals surface area contributed by atoms with E-state index >= 15 is 0 Å². The van der Waals surface area contributed by atoms with Crippen LogP contribution in [-0.4, -0.2) is 0 Å². The molecule has 0 radical (unpaired) electrons. The second-order valence-electron chi connectivity index (χ2n) is 0.0476. The molecule has 7 heavy (non-hydrogen) atoms. The van der Waals surface area contributed by atoms with Gasteiger partial charge in [0.2, 0.25) is 0 Å². The summed E-state index contributed by atoms with van der Waals surface area (Å²) in [6.45, 7) is 0. The summed E-state index contributed by atoms with van der Waals surface area (Å²) in [5.74, 6) is 0. The fourth-order valence-electron chi connectivity index (χ4n) is 0. The zero-order valence-corrected chi connectivity index (χ0v) is 7.61. The van der Waals surface area contributed by atoms with Gasteiger partial charge in [0.25, 0.3) is 0 Å². The van der Waals surface area contributed by atoms with Gasteiger partial charge in [0.15, 0.2) is 0 Å². The first-order chi connectivity index (χ1) is 1.41. The molecular weight excluding hydrogens is 275 g/mol. The van der Waals surface area contributed by atoms with Crippen molar-refractivity contribution in [2.45, 2.75) is 0 Å². The van der Waals surface area contributed by atoms with Gasteiger partial charge in [0.1, 0.15) is 0 Å². The van der Waals surface area contributed by atoms with Crippen LogP contribution in [0.3, 0.4) is 0 Å². The molecule has 0 aromatic rings. The predicted octanol–water partition coefficient (Wildman–Crippen LogP) is 4.56. The number of halogens is 2. The average molecular weight is 283 g/mol. The van der Waals surface area contributed by atoms with Gasteiger partial charge in [-0.05, 0) is 0 Å². The Morgan fingerprint density at radius 2 is 0.714 bits per heavy atom. The van der Waals surface area contributed by atoms with E-state index in [1.807, 2.05) is 0 Å². The summed E-state index contributed by atoms with van der Waals surface area (Å²) in [7, 11) is 0. The summed E-state index contributed by atoms with van der Waals surface area (Å²) in [6.07, 6.45) is 0. The summed E-state index contributed by atoms with van der Waals surface area (Å²) in [6, 6.07) is 0. The number of rotatable bonds is 0. The van der Waals surface area contributed by atoms with Gasteiger partial charge >= 0.3 is 39.5 Å². The van der Waals surface area contributed by atoms with Crippen LogP contribution in [0, 0.1) is 0 Å². The van der Waals surface area contributed by atoms with Crippen LogP contribution < -0.4 is 0 Å². The van der Waals surface area contributed by atoms with Gasteiger partial charge in [-0.2, -0.15) is 0 Å². The van der Waals surface area contributed by atoms with Crippen molar-refractivity contribution in [3.8, 4) is 0 Å². The third-order valence-corrected chi connectivity index (χ3v) is 0. The molecule has 0 rings (SSSR count). The summed E-state index contributed by atoms with van der Waals surface area (Å²) < 4.78 is 0. The first kappa shape index (κ1) is 40.6. The van der Waals surface area contributed by atoms with Crippen LogP contribution in [0.4, 0.5) is 0 Å². The Morgan fingerprint density at radius 3 is 0.714 bits per heavy atom. The summed E-state index contributed by atoms with van der Waals surface area (Å²) >= 11 is 7.12. The monoisotopic (exact) mass is 281 g/mol. The van der Waals surface area contributed by atoms with Crippen LogP contribution in [-0.2, 0) is 11.1 Å². The van der Waals surface area contributed by atoms with E-state index in [1.165, 1.54) is 0 Å². The summed E-state index contributed by atoms with van der Waals surface area (Å²) in [4.78, 5) is 0. The molecule has 0 unspecified atom stereocenters. The van der Waals surface area contributed by atoms with Crippen molar-refractivity contribution in [2.75, 3.05) is 0 Å². The first-order valence-corrected chi connectivity index (χ1v) is 5.40. The van der Waals surface area contributed by atoms with E-state index in [0.717, 1.165) is 11.1 Å². The molecule has 0 saturated carbocycles. The van der Waals surface area contributed by atoms with Crippen molar-refractivity contribution in [3.63, 3.8) is 0 Å². The van der Waals surface area contributed by atoms with E-state index < -0.39 is 0 Å². The van der Waals surface area contributed by atoms with Crippen molar-refractivity contribution in [1.82, 2.24) is 0 Å². The molecule has 0 aromatic carbocycles. The van der Waals surface area contributed by atoms with Gasteiger partial charge in [0.05, 0.1) is 0 Å². The largest absolute Gasteiger partial charge is 0.693 e. The minimum atomic E-state index is 0. The molecule has 4 nitrogen and oxygen atoms in total. The Balaban J connectivity index is -0.00000000333. The molecule has 0 saturated heterocycles. The van der Waals surface area contributed by atoms with Gasteiger partial charge in [-0.3, -0.25) is 0 Å². The molecule has 0 aliphatic rings. The molecule has 0 bridgehead atoms. The third-order valence-electron chi connectivity index (χ3n) is 0. The quantitative estimate of drug-likeness (QED) is 0.616. The molecule has 7 heteroatoms. The normalized spacial score (nSPS) is 3.14. The van der Waals surface area contributed by atoms with E-state index in [0.29, 0.717) is 0 Å². The van der Waals surface area contributed by atoms with Gasteiger partial charge in [-0.1, -0.05) is 0 Å². The van der Waals surface area contributed by atoms with E-state index in [4.69, 9.17) is 0 Å². The standard InChI is InChI=1S/2BrH.Co.4H2N/h2*1H;;4*1H2/q;;+2;4*-1/p-2. The molecule has 0 amide bonds. The van der Waals surface area contributed by atoms with Crippen molar-refractivity contribution < 1.29 is 11.1 Å². The van der Waals surface area contributed by atoms with E-state index in [2.05, 4.69) is 28.3 Å². The van der Waals surface area contributed by atoms with Crippen molar-refractivity contribution in [1.29, 1.82) is 0 Å². The van der Waals surface area contributed by atoms with Gasteiger partial charge in [0, 0.05) is 0 Å². The maximum Gasteiger partial charge on any atom is -0.693 e. The van der Waals surface area contributed by atoms with Crippen LogP contribution >= 0.6 is 28.3 Å². The SMILES string of the molecule is [Br][Co][Br].[NH2-].[NH2-].[NH2-].[NH2-]. The molecule has 0 atom stereocenters. The minimum absolute atomic E-state index is 0. The van der Waals surface area contributed by atoms with Crippen LogP contribution in [0.5, 0.6) is 0 Å². The van der Waals surface area contributed by atoms with Gasteiger partial charge in [-0.25, -0.2) is 0 Å². The van der Waals surface area contributed by atoms with E-state index in [-0.39, 0.29) is 24.6 Å². The van der Waals surface area contributed by atoms with Gasteiger partial charge < -0.3 is 24.6 Å². The Kier molecular flexibility index (Phi) is 317. The van der Waals surface area contributed by atoms with E-state index in [1.54, 1.807) is 0 Å². The Hall–Kier alpha value is 1.31. The smallest absolute Gasteiger partial charge is 0.693 e. The molecule has 0 aliphatic heterocycles. The zero-order valence-electron chi connectivity index (χ0n) is 3.40. The van der Waals surface area contributed by atoms with Crippen molar-refractivity contribution >= 4 is 28.3 Å². The zero-order chi connectivity index (χ0) is 2.71. The maximum atomic E-state index is 3.03. The minimum Gasteiger partial charge on any atom is -0.693 e. The molecule has 55 valence electrons. The van der Waals surface area contributed by atoms with Crippen molar-refractivity contribution in [2.24, 2.45) is 0 Å². The molecule has 0 fully saturated rings. The van der Waals surface area contributed by atoms with Crippen molar-refractivity contribution in [3.05, 3.63) is 24.6 Å². The molecule has 0 aromatic heterocycles. The molecular formula is H8Br2CoN4-4. The van der Waals surface area contributed by atoms with E-state index in [9.17, 15) is 0 Å². The van der Waals surface area contributed by atoms with Crippen LogP contribution in [0.25, 0.3) is 24.6 Å².